The van der Waals surface area contributed by atoms with Crippen LogP contribution in [-0.4, -0.2) is 57.5 Å². The van der Waals surface area contributed by atoms with E-state index < -0.39 is 9.84 Å². The number of sulfone groups is 1. The molecule has 0 aromatic rings. The second-order valence-electron chi connectivity index (χ2n) is 5.97. The molecule has 0 bridgehead atoms. The van der Waals surface area contributed by atoms with Gasteiger partial charge in [-0.1, -0.05) is 26.7 Å². The van der Waals surface area contributed by atoms with E-state index in [1.807, 2.05) is 0 Å². The third-order valence-electron chi connectivity index (χ3n) is 4.33. The van der Waals surface area contributed by atoms with Crippen molar-refractivity contribution >= 4 is 9.84 Å². The Hall–Kier alpha value is -0.130. The lowest BCUT2D eigenvalue weighted by Crippen LogP contribution is -2.48. The molecule has 19 heavy (non-hydrogen) atoms. The fourth-order valence-corrected chi connectivity index (χ4v) is 4.75. The summed E-state index contributed by atoms with van der Waals surface area (Å²) in [7, 11) is 1.42. The van der Waals surface area contributed by atoms with Gasteiger partial charge in [-0.05, 0) is 32.9 Å². The highest BCUT2D eigenvalue weighted by atomic mass is 32.2. The van der Waals surface area contributed by atoms with Gasteiger partial charge >= 0.3 is 0 Å². The van der Waals surface area contributed by atoms with Gasteiger partial charge in [0.1, 0.15) is 0 Å². The van der Waals surface area contributed by atoms with Gasteiger partial charge in [0, 0.05) is 18.6 Å². The van der Waals surface area contributed by atoms with Gasteiger partial charge in [-0.25, -0.2) is 8.42 Å². The molecule has 0 radical (unpaired) electrons. The highest BCUT2D eigenvalue weighted by Gasteiger charge is 2.26. The zero-order valence-corrected chi connectivity index (χ0v) is 13.7. The summed E-state index contributed by atoms with van der Waals surface area (Å²) in [5, 5.41) is 3.49. The summed E-state index contributed by atoms with van der Waals surface area (Å²) in [4.78, 5) is 2.27. The number of nitrogens with zero attached hydrogens (tertiary/aromatic N) is 1. The largest absolute Gasteiger partial charge is 0.311 e. The molecule has 0 aromatic carbocycles. The lowest BCUT2D eigenvalue weighted by molar-refractivity contribution is 0.189. The van der Waals surface area contributed by atoms with Crippen molar-refractivity contribution in [3.8, 4) is 0 Å². The topological polar surface area (TPSA) is 49.4 Å². The molecule has 1 rings (SSSR count). The van der Waals surface area contributed by atoms with Crippen molar-refractivity contribution < 1.29 is 8.42 Å². The molecule has 4 nitrogen and oxygen atoms in total. The van der Waals surface area contributed by atoms with Crippen LogP contribution in [0, 0.1) is 5.92 Å². The van der Waals surface area contributed by atoms with Crippen molar-refractivity contribution in [1.29, 1.82) is 0 Å². The zero-order valence-electron chi connectivity index (χ0n) is 12.9. The maximum Gasteiger partial charge on any atom is 0.151 e. The molecule has 114 valence electrons. The number of likely N-dealkylation sites (N-methyl/N-ethyl adjacent to an activating group) is 1. The Morgan fingerprint density at radius 2 is 1.89 bits per heavy atom. The molecule has 2 unspecified atom stereocenters. The number of nitrogens with one attached hydrogen (secondary N) is 1. The van der Waals surface area contributed by atoms with Crippen molar-refractivity contribution in [1.82, 2.24) is 10.2 Å². The average Bonchev–Trinajstić information content (AvgIpc) is 2.32. The monoisotopic (exact) mass is 290 g/mol. The molecule has 0 aliphatic carbocycles. The first-order chi connectivity index (χ1) is 8.89. The Balaban J connectivity index is 2.52. The SMILES string of the molecule is CCC(CC)C(CNC1CCCS(=O)(=O)C1)N(C)C. The summed E-state index contributed by atoms with van der Waals surface area (Å²) in [6.07, 6.45) is 4.13. The normalized spacial score (nSPS) is 24.8. The summed E-state index contributed by atoms with van der Waals surface area (Å²) in [5.74, 6) is 1.35. The van der Waals surface area contributed by atoms with E-state index in [0.717, 1.165) is 19.4 Å². The Morgan fingerprint density at radius 1 is 1.26 bits per heavy atom. The van der Waals surface area contributed by atoms with Crippen molar-refractivity contribution in [2.24, 2.45) is 5.92 Å². The van der Waals surface area contributed by atoms with Crippen LogP contribution in [0.1, 0.15) is 39.5 Å². The number of rotatable bonds is 7. The highest BCUT2D eigenvalue weighted by Crippen LogP contribution is 2.18. The Labute approximate surface area is 118 Å². The molecule has 1 aliphatic rings. The van der Waals surface area contributed by atoms with Crippen molar-refractivity contribution in [3.63, 3.8) is 0 Å². The van der Waals surface area contributed by atoms with Gasteiger partial charge < -0.3 is 10.2 Å². The summed E-state index contributed by atoms with van der Waals surface area (Å²) in [6, 6.07) is 0.634. The van der Waals surface area contributed by atoms with Crippen LogP contribution in [0.25, 0.3) is 0 Å². The second kappa shape index (κ2) is 7.60. The van der Waals surface area contributed by atoms with Crippen LogP contribution >= 0.6 is 0 Å². The fourth-order valence-electron chi connectivity index (χ4n) is 3.07. The summed E-state index contributed by atoms with van der Waals surface area (Å²) in [5.41, 5.74) is 0. The van der Waals surface area contributed by atoms with E-state index in [9.17, 15) is 8.42 Å². The molecule has 0 saturated carbocycles. The lowest BCUT2D eigenvalue weighted by Gasteiger charge is -2.33. The maximum absolute atomic E-state index is 11.6. The van der Waals surface area contributed by atoms with Crippen molar-refractivity contribution in [2.45, 2.75) is 51.6 Å². The highest BCUT2D eigenvalue weighted by molar-refractivity contribution is 7.91. The molecule has 0 spiro atoms. The van der Waals surface area contributed by atoms with Crippen LogP contribution in [0.15, 0.2) is 0 Å². The van der Waals surface area contributed by atoms with Gasteiger partial charge in [0.05, 0.1) is 11.5 Å². The number of hydrogen-bond donors (Lipinski definition) is 1. The molecular formula is C14H30N2O2S. The Kier molecular flexibility index (Phi) is 6.77. The molecule has 1 N–H and O–H groups in total. The molecule has 0 amide bonds. The molecular weight excluding hydrogens is 260 g/mol. The smallest absolute Gasteiger partial charge is 0.151 e. The van der Waals surface area contributed by atoms with Gasteiger partial charge in [-0.3, -0.25) is 0 Å². The van der Waals surface area contributed by atoms with Gasteiger partial charge in [-0.2, -0.15) is 0 Å². The van der Waals surface area contributed by atoms with Gasteiger partial charge in [0.15, 0.2) is 9.84 Å². The van der Waals surface area contributed by atoms with E-state index in [-0.39, 0.29) is 6.04 Å². The van der Waals surface area contributed by atoms with E-state index in [1.54, 1.807) is 0 Å². The predicted molar refractivity (Wildman–Crippen MR) is 81.2 cm³/mol. The summed E-state index contributed by atoms with van der Waals surface area (Å²) >= 11 is 0. The zero-order chi connectivity index (χ0) is 14.5. The lowest BCUT2D eigenvalue weighted by atomic mass is 9.93. The molecule has 2 atom stereocenters. The third-order valence-corrected chi connectivity index (χ3v) is 6.16. The van der Waals surface area contributed by atoms with E-state index in [1.165, 1.54) is 12.8 Å². The van der Waals surface area contributed by atoms with E-state index in [4.69, 9.17) is 0 Å². The van der Waals surface area contributed by atoms with Crippen LogP contribution in [0.4, 0.5) is 0 Å². The van der Waals surface area contributed by atoms with Crippen molar-refractivity contribution in [3.05, 3.63) is 0 Å². The van der Waals surface area contributed by atoms with E-state index in [0.29, 0.717) is 23.5 Å². The van der Waals surface area contributed by atoms with Gasteiger partial charge in [0.25, 0.3) is 0 Å². The second-order valence-corrected chi connectivity index (χ2v) is 8.20. The minimum absolute atomic E-state index is 0.149. The minimum Gasteiger partial charge on any atom is -0.311 e. The van der Waals surface area contributed by atoms with Crippen LogP contribution in [0.2, 0.25) is 0 Å². The molecule has 1 aliphatic heterocycles. The average molecular weight is 290 g/mol. The first kappa shape index (κ1) is 16.9. The van der Waals surface area contributed by atoms with Crippen LogP contribution in [0.5, 0.6) is 0 Å². The first-order valence-corrected chi connectivity index (χ1v) is 9.32. The summed E-state index contributed by atoms with van der Waals surface area (Å²) < 4.78 is 23.3. The molecule has 0 aromatic heterocycles. The Bertz CT molecular complexity index is 350. The van der Waals surface area contributed by atoms with Gasteiger partial charge in [0.2, 0.25) is 0 Å². The van der Waals surface area contributed by atoms with Crippen LogP contribution in [-0.2, 0) is 9.84 Å². The van der Waals surface area contributed by atoms with Crippen LogP contribution < -0.4 is 5.32 Å². The van der Waals surface area contributed by atoms with Gasteiger partial charge in [-0.15, -0.1) is 0 Å². The third kappa shape index (κ3) is 5.40. The van der Waals surface area contributed by atoms with Crippen molar-refractivity contribution in [2.75, 3.05) is 32.1 Å². The number of hydrogen-bond acceptors (Lipinski definition) is 4. The molecule has 1 saturated heterocycles. The quantitative estimate of drug-likeness (QED) is 0.772. The first-order valence-electron chi connectivity index (χ1n) is 7.49. The fraction of sp³-hybridized carbons (Fsp3) is 1.00. The van der Waals surface area contributed by atoms with E-state index in [2.05, 4.69) is 38.2 Å². The summed E-state index contributed by atoms with van der Waals surface area (Å²) in [6.45, 7) is 5.35. The molecule has 1 fully saturated rings. The van der Waals surface area contributed by atoms with E-state index >= 15 is 0 Å². The Morgan fingerprint density at radius 3 is 2.37 bits per heavy atom. The molecule has 1 heterocycles. The maximum atomic E-state index is 11.6. The minimum atomic E-state index is -2.81. The standard InChI is InChI=1S/C14H30N2O2S/c1-5-12(6-2)14(16(3)4)10-15-13-8-7-9-19(17,18)11-13/h12-15H,5-11H2,1-4H3. The van der Waals surface area contributed by atoms with Crippen LogP contribution in [0.3, 0.4) is 0 Å². The molecule has 5 heteroatoms. The predicted octanol–water partition coefficient (Wildman–Crippen LogP) is 1.52.